The number of carbonyl (C=O) groups excluding carboxylic acids is 1. The molecule has 1 aliphatic heterocycles. The molecule has 20 heavy (non-hydrogen) atoms. The van der Waals surface area contributed by atoms with Gasteiger partial charge in [-0.15, -0.1) is 0 Å². The number of anilines is 1. The maximum absolute atomic E-state index is 12.7. The molecule has 2 heterocycles. The lowest BCUT2D eigenvalue weighted by Crippen LogP contribution is -2.38. The van der Waals surface area contributed by atoms with Gasteiger partial charge in [0.1, 0.15) is 5.82 Å². The molecule has 0 spiro atoms. The van der Waals surface area contributed by atoms with Crippen molar-refractivity contribution in [3.05, 3.63) is 22.8 Å². The van der Waals surface area contributed by atoms with Crippen molar-refractivity contribution < 1.29 is 4.79 Å². The summed E-state index contributed by atoms with van der Waals surface area (Å²) in [7, 11) is 0. The molecule has 1 aliphatic rings. The van der Waals surface area contributed by atoms with Gasteiger partial charge in [0, 0.05) is 25.3 Å². The number of rotatable bonds is 3. The zero-order chi connectivity index (χ0) is 14.5. The number of aromatic nitrogens is 1. The van der Waals surface area contributed by atoms with Crippen LogP contribution in [-0.2, 0) is 0 Å². The van der Waals surface area contributed by atoms with Crippen molar-refractivity contribution in [2.75, 3.05) is 18.4 Å². The Labute approximate surface area is 125 Å². The molecule has 1 N–H and O–H groups in total. The van der Waals surface area contributed by atoms with E-state index in [0.29, 0.717) is 16.4 Å². The second-order valence-corrected chi connectivity index (χ2v) is 5.68. The van der Waals surface area contributed by atoms with Gasteiger partial charge >= 0.3 is 0 Å². The summed E-state index contributed by atoms with van der Waals surface area (Å²) in [4.78, 5) is 18.9. The smallest absolute Gasteiger partial charge is 0.255 e. The van der Waals surface area contributed by atoms with Gasteiger partial charge in [0.2, 0.25) is 0 Å². The van der Waals surface area contributed by atoms with Crippen LogP contribution in [0.3, 0.4) is 0 Å². The molecule has 1 fully saturated rings. The van der Waals surface area contributed by atoms with Crippen molar-refractivity contribution >= 4 is 23.3 Å². The molecule has 110 valence electrons. The van der Waals surface area contributed by atoms with Crippen LogP contribution in [0.5, 0.6) is 0 Å². The van der Waals surface area contributed by atoms with E-state index < -0.39 is 0 Å². The monoisotopic (exact) mass is 295 g/mol. The highest BCUT2D eigenvalue weighted by molar-refractivity contribution is 6.33. The van der Waals surface area contributed by atoms with Gasteiger partial charge in [-0.1, -0.05) is 24.4 Å². The lowest BCUT2D eigenvalue weighted by atomic mass is 10.1. The maximum Gasteiger partial charge on any atom is 0.255 e. The zero-order valence-corrected chi connectivity index (χ0v) is 12.9. The van der Waals surface area contributed by atoms with Gasteiger partial charge in [0.15, 0.2) is 0 Å². The summed E-state index contributed by atoms with van der Waals surface area (Å²) in [5.74, 6) is 0.716. The maximum atomic E-state index is 12.7. The molecular formula is C15H22ClN3O. The third-order valence-corrected chi connectivity index (χ3v) is 4.06. The SMILES string of the molecule is CCNc1cc(C(=O)N2CCCCCC2C)c(Cl)cn1. The number of nitrogens with one attached hydrogen (secondary N) is 1. The van der Waals surface area contributed by atoms with Crippen molar-refractivity contribution in [1.29, 1.82) is 0 Å². The molecule has 0 aromatic carbocycles. The van der Waals surface area contributed by atoms with Gasteiger partial charge in [-0.05, 0) is 32.8 Å². The molecule has 0 saturated carbocycles. The minimum Gasteiger partial charge on any atom is -0.370 e. The van der Waals surface area contributed by atoms with Crippen LogP contribution < -0.4 is 5.32 Å². The molecule has 0 aliphatic carbocycles. The van der Waals surface area contributed by atoms with Gasteiger partial charge in [-0.2, -0.15) is 0 Å². The number of pyridine rings is 1. The number of nitrogens with zero attached hydrogens (tertiary/aromatic N) is 2. The second-order valence-electron chi connectivity index (χ2n) is 5.28. The van der Waals surface area contributed by atoms with Gasteiger partial charge in [0.25, 0.3) is 5.91 Å². The van der Waals surface area contributed by atoms with E-state index in [1.165, 1.54) is 12.8 Å². The highest BCUT2D eigenvalue weighted by Crippen LogP contribution is 2.24. The molecule has 4 nitrogen and oxygen atoms in total. The van der Waals surface area contributed by atoms with Gasteiger partial charge in [-0.3, -0.25) is 4.79 Å². The Morgan fingerprint density at radius 2 is 2.30 bits per heavy atom. The van der Waals surface area contributed by atoms with E-state index in [2.05, 4.69) is 17.2 Å². The van der Waals surface area contributed by atoms with E-state index in [4.69, 9.17) is 11.6 Å². The number of likely N-dealkylation sites (tertiary alicyclic amines) is 1. The van der Waals surface area contributed by atoms with Gasteiger partial charge < -0.3 is 10.2 Å². The molecule has 1 aromatic rings. The highest BCUT2D eigenvalue weighted by atomic mass is 35.5. The Balaban J connectivity index is 2.24. The Morgan fingerprint density at radius 3 is 3.05 bits per heavy atom. The summed E-state index contributed by atoms with van der Waals surface area (Å²) in [5, 5.41) is 3.54. The summed E-state index contributed by atoms with van der Waals surface area (Å²) in [5.41, 5.74) is 0.548. The fourth-order valence-electron chi connectivity index (χ4n) is 2.61. The number of carbonyl (C=O) groups is 1. The van der Waals surface area contributed by atoms with E-state index in [1.807, 2.05) is 11.8 Å². The van der Waals surface area contributed by atoms with E-state index in [0.717, 1.165) is 25.9 Å². The largest absolute Gasteiger partial charge is 0.370 e. The van der Waals surface area contributed by atoms with Crippen molar-refractivity contribution in [2.45, 2.75) is 45.6 Å². The van der Waals surface area contributed by atoms with Crippen molar-refractivity contribution in [1.82, 2.24) is 9.88 Å². The summed E-state index contributed by atoms with van der Waals surface area (Å²) in [6, 6.07) is 2.03. The van der Waals surface area contributed by atoms with Crippen molar-refractivity contribution in [3.8, 4) is 0 Å². The Hall–Kier alpha value is -1.29. The highest BCUT2D eigenvalue weighted by Gasteiger charge is 2.25. The standard InChI is InChI=1S/C15H22ClN3O/c1-3-17-14-9-12(13(16)10-18-14)15(20)19-8-6-4-5-7-11(19)2/h9-11H,3-8H2,1-2H3,(H,17,18). The van der Waals surface area contributed by atoms with Crippen LogP contribution in [0.2, 0.25) is 5.02 Å². The molecule has 1 unspecified atom stereocenters. The number of hydrogen-bond donors (Lipinski definition) is 1. The summed E-state index contributed by atoms with van der Waals surface area (Å²) in [6.45, 7) is 5.69. The molecule has 1 aromatic heterocycles. The van der Waals surface area contributed by atoms with Crippen molar-refractivity contribution in [2.24, 2.45) is 0 Å². The molecule has 5 heteroatoms. The molecule has 2 rings (SSSR count). The topological polar surface area (TPSA) is 45.2 Å². The minimum atomic E-state index is 0.0194. The van der Waals surface area contributed by atoms with Crippen LogP contribution >= 0.6 is 11.6 Å². The van der Waals surface area contributed by atoms with Crippen molar-refractivity contribution in [3.63, 3.8) is 0 Å². The molecule has 1 saturated heterocycles. The van der Waals surface area contributed by atoms with E-state index in [9.17, 15) is 4.79 Å². The second kappa shape index (κ2) is 6.93. The van der Waals surface area contributed by atoms with Gasteiger partial charge in [0.05, 0.1) is 10.6 Å². The van der Waals surface area contributed by atoms with E-state index >= 15 is 0 Å². The normalized spacial score (nSPS) is 19.6. The van der Waals surface area contributed by atoms with Crippen LogP contribution in [0.4, 0.5) is 5.82 Å². The first-order valence-corrected chi connectivity index (χ1v) is 7.71. The summed E-state index contributed by atoms with van der Waals surface area (Å²) >= 11 is 6.16. The fraction of sp³-hybridized carbons (Fsp3) is 0.600. The first kappa shape index (κ1) is 15.1. The fourth-order valence-corrected chi connectivity index (χ4v) is 2.80. The Kier molecular flexibility index (Phi) is 5.24. The van der Waals surface area contributed by atoms with Crippen LogP contribution in [0.1, 0.15) is 49.9 Å². The van der Waals surface area contributed by atoms with Crippen LogP contribution in [-0.4, -0.2) is 34.9 Å². The molecule has 0 bridgehead atoms. The molecular weight excluding hydrogens is 274 g/mol. The predicted molar refractivity (Wildman–Crippen MR) is 82.4 cm³/mol. The Morgan fingerprint density at radius 1 is 1.50 bits per heavy atom. The third-order valence-electron chi connectivity index (χ3n) is 3.76. The van der Waals surface area contributed by atoms with E-state index in [-0.39, 0.29) is 11.9 Å². The Bertz CT molecular complexity index is 478. The number of halogens is 1. The predicted octanol–water partition coefficient (Wildman–Crippen LogP) is 3.57. The van der Waals surface area contributed by atoms with Gasteiger partial charge in [-0.25, -0.2) is 4.98 Å². The summed E-state index contributed by atoms with van der Waals surface area (Å²) < 4.78 is 0. The average molecular weight is 296 g/mol. The first-order chi connectivity index (χ1) is 9.63. The average Bonchev–Trinajstić information content (AvgIpc) is 2.65. The van der Waals surface area contributed by atoms with Crippen LogP contribution in [0.25, 0.3) is 0 Å². The molecule has 1 amide bonds. The lowest BCUT2D eigenvalue weighted by molar-refractivity contribution is 0.0698. The minimum absolute atomic E-state index is 0.0194. The first-order valence-electron chi connectivity index (χ1n) is 7.34. The quantitative estimate of drug-likeness (QED) is 0.927. The lowest BCUT2D eigenvalue weighted by Gasteiger charge is -2.27. The number of amides is 1. The van der Waals surface area contributed by atoms with Crippen LogP contribution in [0.15, 0.2) is 12.3 Å². The van der Waals surface area contributed by atoms with Crippen LogP contribution in [0, 0.1) is 0 Å². The molecule has 0 radical (unpaired) electrons. The molecule has 1 atom stereocenters. The third kappa shape index (κ3) is 3.42. The summed E-state index contributed by atoms with van der Waals surface area (Å²) in [6.07, 6.45) is 6.07. The number of hydrogen-bond acceptors (Lipinski definition) is 3. The zero-order valence-electron chi connectivity index (χ0n) is 12.2. The van der Waals surface area contributed by atoms with E-state index in [1.54, 1.807) is 12.3 Å².